The Morgan fingerprint density at radius 3 is 2.25 bits per heavy atom. The second-order valence-electron chi connectivity index (χ2n) is 5.19. The molecule has 0 fully saturated rings. The minimum absolute atomic E-state index is 0.129. The first-order valence-corrected chi connectivity index (χ1v) is 5.49. The van der Waals surface area contributed by atoms with Crippen LogP contribution in [-0.4, -0.2) is 12.1 Å². The van der Waals surface area contributed by atoms with Gasteiger partial charge in [-0.15, -0.1) is 0 Å². The zero-order valence-corrected chi connectivity index (χ0v) is 10.3. The predicted molar refractivity (Wildman–Crippen MR) is 63.9 cm³/mol. The van der Waals surface area contributed by atoms with Gasteiger partial charge in [0.15, 0.2) is 11.6 Å². The summed E-state index contributed by atoms with van der Waals surface area (Å²) in [5, 5.41) is 0. The first-order chi connectivity index (χ1) is 7.32. The number of ether oxygens (including phenoxy) is 1. The molecule has 2 atom stereocenters. The molecule has 3 heteroatoms. The normalized spacial score (nSPS) is 15.6. The van der Waals surface area contributed by atoms with Gasteiger partial charge in [0, 0.05) is 11.5 Å². The fraction of sp³-hybridized carbons (Fsp3) is 0.538. The molecule has 0 aliphatic heterocycles. The third-order valence-electron chi connectivity index (χ3n) is 2.42. The summed E-state index contributed by atoms with van der Waals surface area (Å²) in [4.78, 5) is 0. The summed E-state index contributed by atoms with van der Waals surface area (Å²) in [5.74, 6) is -0.0860. The Balaban J connectivity index is 2.89. The lowest BCUT2D eigenvalue weighted by Gasteiger charge is -2.34. The van der Waals surface area contributed by atoms with Crippen LogP contribution in [0.1, 0.15) is 27.7 Å². The lowest BCUT2D eigenvalue weighted by Crippen LogP contribution is -2.45. The van der Waals surface area contributed by atoms with Crippen LogP contribution < -0.4 is 10.5 Å². The molecule has 90 valence electrons. The van der Waals surface area contributed by atoms with E-state index in [0.717, 1.165) is 0 Å². The van der Waals surface area contributed by atoms with Gasteiger partial charge in [-0.25, -0.2) is 4.39 Å². The molecule has 0 amide bonds. The van der Waals surface area contributed by atoms with Gasteiger partial charge in [-0.3, -0.25) is 0 Å². The van der Waals surface area contributed by atoms with Crippen molar-refractivity contribution in [1.82, 2.24) is 0 Å². The van der Waals surface area contributed by atoms with Crippen molar-refractivity contribution in [2.45, 2.75) is 39.8 Å². The van der Waals surface area contributed by atoms with Crippen LogP contribution in [-0.2, 0) is 0 Å². The quantitative estimate of drug-likeness (QED) is 0.858. The van der Waals surface area contributed by atoms with E-state index in [1.807, 2.05) is 27.7 Å². The lowest BCUT2D eigenvalue weighted by atomic mass is 9.85. The second-order valence-corrected chi connectivity index (χ2v) is 5.19. The minimum atomic E-state index is -0.350. The van der Waals surface area contributed by atoms with Crippen LogP contribution in [0.5, 0.6) is 5.75 Å². The van der Waals surface area contributed by atoms with Gasteiger partial charge in [0.2, 0.25) is 0 Å². The molecule has 0 radical (unpaired) electrons. The van der Waals surface area contributed by atoms with Gasteiger partial charge in [-0.1, -0.05) is 32.9 Å². The van der Waals surface area contributed by atoms with E-state index in [9.17, 15) is 4.39 Å². The molecule has 1 rings (SSSR count). The highest BCUT2D eigenvalue weighted by atomic mass is 19.1. The Bertz CT molecular complexity index is 344. The average Bonchev–Trinajstić information content (AvgIpc) is 2.14. The van der Waals surface area contributed by atoms with Gasteiger partial charge < -0.3 is 10.5 Å². The Hall–Kier alpha value is -1.09. The molecule has 2 nitrogen and oxygen atoms in total. The zero-order chi connectivity index (χ0) is 12.3. The molecule has 0 saturated carbocycles. The summed E-state index contributed by atoms with van der Waals surface area (Å²) in [6.07, 6.45) is -0.218. The Morgan fingerprint density at radius 2 is 1.81 bits per heavy atom. The summed E-state index contributed by atoms with van der Waals surface area (Å²) < 4.78 is 19.1. The van der Waals surface area contributed by atoms with Crippen LogP contribution in [0.2, 0.25) is 0 Å². The van der Waals surface area contributed by atoms with E-state index in [1.54, 1.807) is 18.2 Å². The molecule has 2 N–H and O–H groups in total. The summed E-state index contributed by atoms with van der Waals surface area (Å²) in [5.41, 5.74) is 5.74. The molecule has 1 aromatic rings. The summed E-state index contributed by atoms with van der Waals surface area (Å²) >= 11 is 0. The maximum Gasteiger partial charge on any atom is 0.165 e. The van der Waals surface area contributed by atoms with Gasteiger partial charge in [-0.2, -0.15) is 0 Å². The highest BCUT2D eigenvalue weighted by Crippen LogP contribution is 2.27. The van der Waals surface area contributed by atoms with E-state index < -0.39 is 0 Å². The number of halogens is 1. The molecule has 16 heavy (non-hydrogen) atoms. The van der Waals surface area contributed by atoms with Crippen LogP contribution in [0.4, 0.5) is 4.39 Å². The molecule has 0 heterocycles. The highest BCUT2D eigenvalue weighted by Gasteiger charge is 2.30. The second kappa shape index (κ2) is 4.83. The van der Waals surface area contributed by atoms with Crippen molar-refractivity contribution in [3.63, 3.8) is 0 Å². The predicted octanol–water partition coefficient (Wildman–Crippen LogP) is 2.97. The SMILES string of the molecule is CC(N)C(Oc1ccccc1F)C(C)(C)C. The highest BCUT2D eigenvalue weighted by molar-refractivity contribution is 5.24. The van der Waals surface area contributed by atoms with Crippen molar-refractivity contribution in [3.05, 3.63) is 30.1 Å². The number of rotatable bonds is 3. The van der Waals surface area contributed by atoms with E-state index >= 15 is 0 Å². The van der Waals surface area contributed by atoms with E-state index in [2.05, 4.69) is 0 Å². The smallest absolute Gasteiger partial charge is 0.165 e. The third-order valence-corrected chi connectivity index (χ3v) is 2.42. The largest absolute Gasteiger partial charge is 0.485 e. The number of hydrogen-bond donors (Lipinski definition) is 1. The van der Waals surface area contributed by atoms with E-state index in [4.69, 9.17) is 10.5 Å². The maximum atomic E-state index is 13.4. The van der Waals surface area contributed by atoms with Crippen molar-refractivity contribution in [2.75, 3.05) is 0 Å². The van der Waals surface area contributed by atoms with Gasteiger partial charge in [0.05, 0.1) is 0 Å². The number of benzene rings is 1. The monoisotopic (exact) mass is 225 g/mol. The Kier molecular flexibility index (Phi) is 3.92. The molecular weight excluding hydrogens is 205 g/mol. The van der Waals surface area contributed by atoms with Crippen LogP contribution in [0.15, 0.2) is 24.3 Å². The fourth-order valence-electron chi connectivity index (χ4n) is 1.75. The van der Waals surface area contributed by atoms with Gasteiger partial charge in [-0.05, 0) is 19.1 Å². The van der Waals surface area contributed by atoms with E-state index in [0.29, 0.717) is 0 Å². The molecule has 0 bridgehead atoms. The van der Waals surface area contributed by atoms with Crippen LogP contribution in [0, 0.1) is 11.2 Å². The van der Waals surface area contributed by atoms with Crippen LogP contribution >= 0.6 is 0 Å². The standard InChI is InChI=1S/C13H20FNO/c1-9(15)12(13(2,3)4)16-11-8-6-5-7-10(11)14/h5-9,12H,15H2,1-4H3. The third kappa shape index (κ3) is 3.20. The first kappa shape index (κ1) is 13.0. The van der Waals surface area contributed by atoms with Crippen LogP contribution in [0.25, 0.3) is 0 Å². The molecule has 2 unspecified atom stereocenters. The van der Waals surface area contributed by atoms with Crippen molar-refractivity contribution < 1.29 is 9.13 Å². The van der Waals surface area contributed by atoms with Crippen LogP contribution in [0.3, 0.4) is 0 Å². The zero-order valence-electron chi connectivity index (χ0n) is 10.3. The Morgan fingerprint density at radius 1 is 1.25 bits per heavy atom. The van der Waals surface area contributed by atoms with E-state index in [-0.39, 0.29) is 29.1 Å². The van der Waals surface area contributed by atoms with Crippen molar-refractivity contribution in [2.24, 2.45) is 11.1 Å². The van der Waals surface area contributed by atoms with Gasteiger partial charge in [0.1, 0.15) is 6.10 Å². The number of para-hydroxylation sites is 1. The van der Waals surface area contributed by atoms with Crippen molar-refractivity contribution >= 4 is 0 Å². The molecule has 0 aliphatic carbocycles. The van der Waals surface area contributed by atoms with E-state index in [1.165, 1.54) is 6.07 Å². The molecule has 1 aromatic carbocycles. The molecular formula is C13H20FNO. The molecule has 0 saturated heterocycles. The Labute approximate surface area is 96.6 Å². The lowest BCUT2D eigenvalue weighted by molar-refractivity contribution is 0.0647. The molecule has 0 spiro atoms. The van der Waals surface area contributed by atoms with Crippen molar-refractivity contribution in [3.8, 4) is 5.75 Å². The first-order valence-electron chi connectivity index (χ1n) is 5.49. The fourth-order valence-corrected chi connectivity index (χ4v) is 1.75. The number of hydrogen-bond acceptors (Lipinski definition) is 2. The summed E-state index contributed by atoms with van der Waals surface area (Å²) in [7, 11) is 0. The van der Waals surface area contributed by atoms with Crippen molar-refractivity contribution in [1.29, 1.82) is 0 Å². The molecule has 0 aromatic heterocycles. The minimum Gasteiger partial charge on any atom is -0.485 e. The summed E-state index contributed by atoms with van der Waals surface area (Å²) in [6.45, 7) is 7.96. The molecule has 0 aliphatic rings. The number of nitrogens with two attached hydrogens (primary N) is 1. The van der Waals surface area contributed by atoms with Gasteiger partial charge in [0.25, 0.3) is 0 Å². The van der Waals surface area contributed by atoms with Gasteiger partial charge >= 0.3 is 0 Å². The topological polar surface area (TPSA) is 35.2 Å². The average molecular weight is 225 g/mol. The maximum absolute atomic E-state index is 13.4. The summed E-state index contributed by atoms with van der Waals surface area (Å²) in [6, 6.07) is 6.24.